The highest BCUT2D eigenvalue weighted by molar-refractivity contribution is 7.92. The second kappa shape index (κ2) is 10.5. The molecule has 200 valence electrons. The van der Waals surface area contributed by atoms with Crippen molar-refractivity contribution in [2.75, 3.05) is 16.7 Å². The van der Waals surface area contributed by atoms with Crippen LogP contribution in [0.4, 0.5) is 10.1 Å². The summed E-state index contributed by atoms with van der Waals surface area (Å²) in [6.07, 6.45) is 1.65. The molecule has 1 aliphatic rings. The average Bonchev–Trinajstić information content (AvgIpc) is 3.59. The molecule has 0 N–H and O–H groups in total. The van der Waals surface area contributed by atoms with Crippen LogP contribution in [0.5, 0.6) is 0 Å². The minimum Gasteiger partial charge on any atom is -0.755 e. The lowest BCUT2D eigenvalue weighted by Crippen LogP contribution is -2.41. The number of hydrogen-bond donors (Lipinski definition) is 0. The van der Waals surface area contributed by atoms with Crippen molar-refractivity contribution in [1.29, 1.82) is 0 Å². The molecule has 0 saturated heterocycles. The lowest BCUT2D eigenvalue weighted by Gasteiger charge is -2.34. The van der Waals surface area contributed by atoms with Crippen LogP contribution in [0.15, 0.2) is 40.8 Å². The van der Waals surface area contributed by atoms with Gasteiger partial charge >= 0.3 is 5.97 Å². The third-order valence-corrected chi connectivity index (χ3v) is 9.69. The number of halogens is 1. The Morgan fingerprint density at radius 2 is 1.86 bits per heavy atom. The minimum atomic E-state index is -3.53. The molecule has 0 spiro atoms. The van der Waals surface area contributed by atoms with E-state index in [1.54, 1.807) is 33.8 Å². The fourth-order valence-corrected chi connectivity index (χ4v) is 6.32. The maximum absolute atomic E-state index is 13.6. The molecule has 37 heavy (non-hydrogen) atoms. The third kappa shape index (κ3) is 5.58. The first-order valence-corrected chi connectivity index (χ1v) is 14.8. The van der Waals surface area contributed by atoms with Crippen LogP contribution in [0, 0.1) is 5.82 Å². The first-order chi connectivity index (χ1) is 17.4. The number of fused-ring (bicyclic) bond motifs is 1. The third-order valence-electron chi connectivity index (χ3n) is 6.43. The van der Waals surface area contributed by atoms with Gasteiger partial charge in [-0.05, 0) is 82.3 Å². The Labute approximate surface area is 218 Å². The number of nitrogens with zero attached hydrogens (tertiary/aromatic N) is 1. The van der Waals surface area contributed by atoms with Gasteiger partial charge in [0.15, 0.2) is 9.84 Å². The van der Waals surface area contributed by atoms with Crippen molar-refractivity contribution in [1.82, 2.24) is 0 Å². The van der Waals surface area contributed by atoms with Gasteiger partial charge in [0.2, 0.25) is 0 Å². The van der Waals surface area contributed by atoms with E-state index in [1.165, 1.54) is 30.3 Å². The molecule has 0 amide bonds. The van der Waals surface area contributed by atoms with Crippen LogP contribution >= 0.6 is 0 Å². The van der Waals surface area contributed by atoms with E-state index >= 15 is 0 Å². The number of carbonyl (C=O) groups excluding carboxylic acids is 1. The van der Waals surface area contributed by atoms with Gasteiger partial charge in [0.1, 0.15) is 22.7 Å². The molecule has 2 aromatic carbocycles. The molecular formula is C26H29FNO7S2-. The van der Waals surface area contributed by atoms with Gasteiger partial charge in [-0.1, -0.05) is 0 Å². The molecule has 1 saturated carbocycles. The molecule has 1 fully saturated rings. The Morgan fingerprint density at radius 3 is 2.41 bits per heavy atom. The number of ether oxygens (including phenoxy) is 1. The molecule has 0 radical (unpaired) electrons. The number of furan rings is 1. The molecule has 11 heteroatoms. The van der Waals surface area contributed by atoms with Gasteiger partial charge in [0.25, 0.3) is 0 Å². The first-order valence-electron chi connectivity index (χ1n) is 12.1. The predicted molar refractivity (Wildman–Crippen MR) is 139 cm³/mol. The van der Waals surface area contributed by atoms with E-state index in [2.05, 4.69) is 0 Å². The van der Waals surface area contributed by atoms with Crippen LogP contribution in [-0.4, -0.2) is 46.8 Å². The topological polar surface area (TPSA) is 117 Å². The quantitative estimate of drug-likeness (QED) is 0.254. The molecular weight excluding hydrogens is 521 g/mol. The summed E-state index contributed by atoms with van der Waals surface area (Å²) in [6, 6.07) is 7.85. The van der Waals surface area contributed by atoms with Gasteiger partial charge in [-0.25, -0.2) is 17.6 Å². The summed E-state index contributed by atoms with van der Waals surface area (Å²) in [7, 11) is -3.53. The molecule has 1 heterocycles. The van der Waals surface area contributed by atoms with Crippen molar-refractivity contribution in [2.24, 2.45) is 0 Å². The number of rotatable bonds is 10. The largest absolute Gasteiger partial charge is 0.755 e. The van der Waals surface area contributed by atoms with Crippen molar-refractivity contribution in [3.05, 3.63) is 53.3 Å². The van der Waals surface area contributed by atoms with E-state index in [-0.39, 0.29) is 35.2 Å². The van der Waals surface area contributed by atoms with E-state index in [4.69, 9.17) is 9.15 Å². The molecule has 1 aromatic heterocycles. The zero-order chi connectivity index (χ0) is 27.1. The van der Waals surface area contributed by atoms with Crippen molar-refractivity contribution in [3.8, 4) is 11.3 Å². The highest BCUT2D eigenvalue weighted by atomic mass is 32.2. The number of anilines is 1. The molecule has 8 nitrogen and oxygen atoms in total. The smallest absolute Gasteiger partial charge is 0.342 e. The van der Waals surface area contributed by atoms with E-state index in [1.807, 2.05) is 0 Å². The average molecular weight is 551 g/mol. The Balaban J connectivity index is 1.92. The Hall–Kier alpha value is -2.76. The molecule has 0 bridgehead atoms. The molecule has 2 unspecified atom stereocenters. The lowest BCUT2D eigenvalue weighted by molar-refractivity contribution is 0.0528. The highest BCUT2D eigenvalue weighted by Gasteiger charge is 2.34. The van der Waals surface area contributed by atoms with Crippen LogP contribution < -0.4 is 4.31 Å². The number of esters is 1. The molecule has 0 aliphatic heterocycles. The Bertz CT molecular complexity index is 1440. The monoisotopic (exact) mass is 550 g/mol. The van der Waals surface area contributed by atoms with Crippen LogP contribution in [0.1, 0.15) is 62.4 Å². The van der Waals surface area contributed by atoms with Crippen LogP contribution in [0.2, 0.25) is 0 Å². The number of hydrogen-bond acceptors (Lipinski definition) is 7. The summed E-state index contributed by atoms with van der Waals surface area (Å²) in [5, 5.41) is -0.208. The number of carbonyl (C=O) groups is 1. The maximum Gasteiger partial charge on any atom is 0.342 e. The van der Waals surface area contributed by atoms with Gasteiger partial charge in [-0.3, -0.25) is 8.51 Å². The summed E-state index contributed by atoms with van der Waals surface area (Å²) >= 11 is -2.78. The zero-order valence-electron chi connectivity index (χ0n) is 21.0. The normalized spacial score (nSPS) is 15.6. The standard InChI is InChI=1S/C26H30FNO7S2/c1-5-34-26(29)24-21-12-20(17-6-7-17)22(28(36(30)31)16(4)14-37(32,33)15(2)3)13-23(21)35-25(24)18-8-10-19(27)11-9-18/h8-13,15-17H,5-7,14H2,1-4H3,(H,30,31)/p-1. The summed E-state index contributed by atoms with van der Waals surface area (Å²) in [4.78, 5) is 13.0. The Kier molecular flexibility index (Phi) is 7.77. The van der Waals surface area contributed by atoms with Gasteiger partial charge in [-0.2, -0.15) is 0 Å². The number of benzene rings is 2. The van der Waals surface area contributed by atoms with Crippen molar-refractivity contribution < 1.29 is 35.5 Å². The SMILES string of the molecule is CCOC(=O)c1c(-c2ccc(F)cc2)oc2cc(N(C(C)CS(=O)(=O)C(C)C)S(=O)[O-])c(C3CC3)cc12. The van der Waals surface area contributed by atoms with E-state index in [9.17, 15) is 26.4 Å². The number of sulfone groups is 1. The lowest BCUT2D eigenvalue weighted by atomic mass is 10.0. The predicted octanol–water partition coefficient (Wildman–Crippen LogP) is 5.11. The maximum atomic E-state index is 13.6. The highest BCUT2D eigenvalue weighted by Crippen LogP contribution is 2.48. The van der Waals surface area contributed by atoms with E-state index < -0.39 is 44.2 Å². The first kappa shape index (κ1) is 27.3. The van der Waals surface area contributed by atoms with Crippen LogP contribution in [-0.2, 0) is 25.8 Å². The molecule has 1 aliphatic carbocycles. The summed E-state index contributed by atoms with van der Waals surface area (Å²) in [6.45, 7) is 6.47. The van der Waals surface area contributed by atoms with Crippen LogP contribution in [0.25, 0.3) is 22.3 Å². The fraction of sp³-hybridized carbons (Fsp3) is 0.423. The molecule has 2 atom stereocenters. The van der Waals surface area contributed by atoms with Crippen molar-refractivity contribution in [2.45, 2.75) is 57.7 Å². The second-order valence-corrected chi connectivity index (χ2v) is 12.9. The molecule has 3 aromatic rings. The van der Waals surface area contributed by atoms with Gasteiger partial charge < -0.3 is 13.7 Å². The van der Waals surface area contributed by atoms with Gasteiger partial charge in [0.05, 0.1) is 29.3 Å². The van der Waals surface area contributed by atoms with E-state index in [0.717, 1.165) is 17.1 Å². The zero-order valence-corrected chi connectivity index (χ0v) is 22.7. The summed E-state index contributed by atoms with van der Waals surface area (Å²) in [5.74, 6) is -1.19. The van der Waals surface area contributed by atoms with Gasteiger partial charge in [0, 0.05) is 28.3 Å². The summed E-state index contributed by atoms with van der Waals surface area (Å²) < 4.78 is 76.0. The van der Waals surface area contributed by atoms with Gasteiger partial charge in [-0.15, -0.1) is 0 Å². The Morgan fingerprint density at radius 1 is 1.22 bits per heavy atom. The van der Waals surface area contributed by atoms with E-state index in [0.29, 0.717) is 22.2 Å². The van der Waals surface area contributed by atoms with Crippen LogP contribution in [0.3, 0.4) is 0 Å². The summed E-state index contributed by atoms with van der Waals surface area (Å²) in [5.41, 5.74) is 1.85. The molecule has 4 rings (SSSR count). The minimum absolute atomic E-state index is 0.0542. The van der Waals surface area contributed by atoms with Crippen molar-refractivity contribution >= 4 is 43.7 Å². The second-order valence-electron chi connectivity index (χ2n) is 9.49. The van der Waals surface area contributed by atoms with Crippen molar-refractivity contribution in [3.63, 3.8) is 0 Å². The fourth-order valence-electron chi connectivity index (χ4n) is 4.33.